The molecule has 8 nitrogen and oxygen atoms in total. The van der Waals surface area contributed by atoms with E-state index in [1.807, 2.05) is 12.1 Å². The van der Waals surface area contributed by atoms with E-state index >= 15 is 0 Å². The number of hydrogen-bond acceptors (Lipinski definition) is 6. The second-order valence-electron chi connectivity index (χ2n) is 8.03. The Kier molecular flexibility index (Phi) is 9.31. The van der Waals surface area contributed by atoms with Crippen LogP contribution in [-0.4, -0.2) is 50.7 Å². The first kappa shape index (κ1) is 24.8. The summed E-state index contributed by atoms with van der Waals surface area (Å²) in [6.45, 7) is 5.89. The summed E-state index contributed by atoms with van der Waals surface area (Å²) >= 11 is 0. The first-order valence-corrected chi connectivity index (χ1v) is 12.6. The van der Waals surface area contributed by atoms with Crippen molar-refractivity contribution in [2.24, 2.45) is 0 Å². The van der Waals surface area contributed by atoms with Crippen molar-refractivity contribution in [2.75, 3.05) is 19.3 Å². The quantitative estimate of drug-likeness (QED) is 0.169. The molecule has 0 amide bonds. The molecule has 0 radical (unpaired) electrons. The summed E-state index contributed by atoms with van der Waals surface area (Å²) in [6.07, 6.45) is 4.43. The zero-order valence-electron chi connectivity index (χ0n) is 18.0. The summed E-state index contributed by atoms with van der Waals surface area (Å²) in [4.78, 5) is 37.8. The third-order valence-corrected chi connectivity index (χ3v) is 6.45. The summed E-state index contributed by atoms with van der Waals surface area (Å²) in [5, 5.41) is 10.4. The largest absolute Gasteiger partial charge is 0.508 e. The highest BCUT2D eigenvalue weighted by Crippen LogP contribution is 2.37. The lowest BCUT2D eigenvalue weighted by Gasteiger charge is -2.46. The monoisotopic (exact) mass is 442 g/mol. The number of aromatic hydroxyl groups is 1. The van der Waals surface area contributed by atoms with Gasteiger partial charge in [-0.3, -0.25) is 14.3 Å². The molecule has 0 aromatic heterocycles. The minimum atomic E-state index is -4.04. The van der Waals surface area contributed by atoms with Gasteiger partial charge in [-0.2, -0.15) is 0 Å². The Bertz CT molecular complexity index is 747. The SMILES string of the molecule is CCCN(CCC)C1(NOC(=O)CCCCP(=O)(O)O)CCc2cccc(O)c2C1. The average molecular weight is 442 g/mol. The van der Waals surface area contributed by atoms with Crippen LogP contribution in [0.1, 0.15) is 63.5 Å². The van der Waals surface area contributed by atoms with Crippen LogP contribution in [0.2, 0.25) is 0 Å². The molecule has 0 spiro atoms. The van der Waals surface area contributed by atoms with Crippen LogP contribution in [0.4, 0.5) is 0 Å². The van der Waals surface area contributed by atoms with E-state index in [4.69, 9.17) is 14.6 Å². The Labute approximate surface area is 178 Å². The van der Waals surface area contributed by atoms with Gasteiger partial charge in [-0.25, -0.2) is 0 Å². The number of hydrogen-bond donors (Lipinski definition) is 4. The lowest BCUT2D eigenvalue weighted by molar-refractivity contribution is -0.166. The highest BCUT2D eigenvalue weighted by molar-refractivity contribution is 7.51. The fourth-order valence-electron chi connectivity index (χ4n) is 4.07. The summed E-state index contributed by atoms with van der Waals surface area (Å²) < 4.78 is 10.9. The second kappa shape index (κ2) is 11.3. The van der Waals surface area contributed by atoms with Crippen molar-refractivity contribution in [3.8, 4) is 5.75 Å². The maximum Gasteiger partial charge on any atom is 0.325 e. The molecule has 1 aromatic rings. The molecule has 1 atom stereocenters. The van der Waals surface area contributed by atoms with Crippen LogP contribution in [0.3, 0.4) is 0 Å². The number of aryl methyl sites for hydroxylation is 1. The topological polar surface area (TPSA) is 119 Å². The molecule has 1 aromatic carbocycles. The van der Waals surface area contributed by atoms with Crippen molar-refractivity contribution in [3.63, 3.8) is 0 Å². The lowest BCUT2D eigenvalue weighted by atomic mass is 9.82. The fraction of sp³-hybridized carbons (Fsp3) is 0.667. The average Bonchev–Trinajstić information content (AvgIpc) is 2.69. The van der Waals surface area contributed by atoms with E-state index in [0.717, 1.165) is 49.9 Å². The Balaban J connectivity index is 2.08. The van der Waals surface area contributed by atoms with E-state index in [2.05, 4.69) is 24.2 Å². The zero-order valence-corrected chi connectivity index (χ0v) is 18.9. The molecule has 170 valence electrons. The van der Waals surface area contributed by atoms with Gasteiger partial charge >= 0.3 is 13.6 Å². The van der Waals surface area contributed by atoms with E-state index in [9.17, 15) is 14.5 Å². The number of unbranched alkanes of at least 4 members (excludes halogenated alkanes) is 1. The molecule has 9 heteroatoms. The molecule has 30 heavy (non-hydrogen) atoms. The van der Waals surface area contributed by atoms with Crippen LogP contribution in [0.25, 0.3) is 0 Å². The van der Waals surface area contributed by atoms with Crippen LogP contribution in [-0.2, 0) is 27.0 Å². The highest BCUT2D eigenvalue weighted by atomic mass is 31.2. The van der Waals surface area contributed by atoms with Gasteiger partial charge < -0.3 is 19.7 Å². The number of rotatable bonds is 12. The number of carbonyl (C=O) groups is 1. The number of phenols is 1. The highest BCUT2D eigenvalue weighted by Gasteiger charge is 2.41. The maximum atomic E-state index is 12.3. The molecule has 0 saturated heterocycles. The molecule has 1 aliphatic carbocycles. The Hall–Kier alpha value is -1.44. The van der Waals surface area contributed by atoms with E-state index in [1.54, 1.807) is 6.07 Å². The molecule has 2 rings (SSSR count). The standard InChI is InChI=1S/C21H35N2O6P/c1-3-13-23(14-4-2)21(12-11-17-8-7-9-19(24)18(17)16-21)22-29-20(25)10-5-6-15-30(26,27)28/h7-9,22,24H,3-6,10-16H2,1-2H3,(H2,26,27,28). The van der Waals surface area contributed by atoms with Gasteiger partial charge in [-0.15, -0.1) is 5.48 Å². The van der Waals surface area contributed by atoms with Gasteiger partial charge in [0.1, 0.15) is 11.4 Å². The molecule has 0 bridgehead atoms. The van der Waals surface area contributed by atoms with Crippen molar-refractivity contribution in [1.82, 2.24) is 10.4 Å². The molecule has 0 saturated carbocycles. The zero-order chi connectivity index (χ0) is 22.2. The summed E-state index contributed by atoms with van der Waals surface area (Å²) in [5.41, 5.74) is 4.44. The van der Waals surface area contributed by atoms with Crippen molar-refractivity contribution in [2.45, 2.75) is 70.9 Å². The van der Waals surface area contributed by atoms with Crippen molar-refractivity contribution in [3.05, 3.63) is 29.3 Å². The fourth-order valence-corrected chi connectivity index (χ4v) is 4.71. The maximum absolute atomic E-state index is 12.3. The summed E-state index contributed by atoms with van der Waals surface area (Å²) in [6, 6.07) is 5.56. The van der Waals surface area contributed by atoms with Crippen LogP contribution in [0.5, 0.6) is 5.75 Å². The van der Waals surface area contributed by atoms with Gasteiger partial charge in [0.15, 0.2) is 0 Å². The Morgan fingerprint density at radius 3 is 2.57 bits per heavy atom. The van der Waals surface area contributed by atoms with Crippen LogP contribution in [0, 0.1) is 0 Å². The minimum Gasteiger partial charge on any atom is -0.508 e. The number of fused-ring (bicyclic) bond motifs is 1. The molecule has 4 N–H and O–H groups in total. The van der Waals surface area contributed by atoms with Gasteiger partial charge in [0.05, 0.1) is 0 Å². The van der Waals surface area contributed by atoms with Gasteiger partial charge in [0.2, 0.25) is 0 Å². The number of carbonyl (C=O) groups excluding carboxylic acids is 1. The van der Waals surface area contributed by atoms with Crippen LogP contribution in [0.15, 0.2) is 18.2 Å². The Morgan fingerprint density at radius 2 is 1.93 bits per heavy atom. The second-order valence-corrected chi connectivity index (χ2v) is 9.81. The van der Waals surface area contributed by atoms with E-state index in [0.29, 0.717) is 12.8 Å². The number of nitrogens with one attached hydrogen (secondary N) is 1. The van der Waals surface area contributed by atoms with Gasteiger partial charge in [0.25, 0.3) is 0 Å². The molecule has 1 aliphatic rings. The number of hydroxylamine groups is 1. The van der Waals surface area contributed by atoms with Gasteiger partial charge in [-0.1, -0.05) is 26.0 Å². The third kappa shape index (κ3) is 7.06. The van der Waals surface area contributed by atoms with Crippen molar-refractivity contribution in [1.29, 1.82) is 0 Å². The van der Waals surface area contributed by atoms with Crippen LogP contribution < -0.4 is 5.48 Å². The molecule has 0 fully saturated rings. The minimum absolute atomic E-state index is 0.0898. The first-order chi connectivity index (χ1) is 14.2. The lowest BCUT2D eigenvalue weighted by Crippen LogP contribution is -2.62. The van der Waals surface area contributed by atoms with Gasteiger partial charge in [0, 0.05) is 24.6 Å². The normalized spacial score (nSPS) is 19.0. The number of nitrogens with zero attached hydrogens (tertiary/aromatic N) is 1. The number of benzene rings is 1. The predicted molar refractivity (Wildman–Crippen MR) is 115 cm³/mol. The van der Waals surface area contributed by atoms with Crippen molar-refractivity contribution < 1.29 is 29.1 Å². The van der Waals surface area contributed by atoms with Crippen molar-refractivity contribution >= 4 is 13.6 Å². The molecule has 1 unspecified atom stereocenters. The van der Waals surface area contributed by atoms with Gasteiger partial charge in [-0.05, 0) is 63.2 Å². The molecule has 0 aliphatic heterocycles. The Morgan fingerprint density at radius 1 is 1.23 bits per heavy atom. The van der Waals surface area contributed by atoms with E-state index < -0.39 is 19.2 Å². The predicted octanol–water partition coefficient (Wildman–Crippen LogP) is 3.10. The van der Waals surface area contributed by atoms with E-state index in [-0.39, 0.29) is 24.8 Å². The molecular formula is C21H35N2O6P. The van der Waals surface area contributed by atoms with E-state index in [1.165, 1.54) is 0 Å². The molecule has 0 heterocycles. The molecular weight excluding hydrogens is 407 g/mol. The third-order valence-electron chi connectivity index (χ3n) is 5.55. The summed E-state index contributed by atoms with van der Waals surface area (Å²) in [7, 11) is -4.04. The van der Waals surface area contributed by atoms with Crippen LogP contribution >= 0.6 is 7.60 Å². The first-order valence-electron chi connectivity index (χ1n) is 10.8. The smallest absolute Gasteiger partial charge is 0.325 e. The number of phenolic OH excluding ortho intramolecular Hbond substituents is 1. The summed E-state index contributed by atoms with van der Waals surface area (Å²) in [5.74, 6) is -0.189.